The van der Waals surface area contributed by atoms with Crippen LogP contribution >= 0.6 is 0 Å². The summed E-state index contributed by atoms with van der Waals surface area (Å²) >= 11 is 0. The van der Waals surface area contributed by atoms with Gasteiger partial charge < -0.3 is 15.7 Å². The van der Waals surface area contributed by atoms with Crippen LogP contribution in [0.3, 0.4) is 0 Å². The van der Waals surface area contributed by atoms with Crippen LogP contribution in [0, 0.1) is 0 Å². The van der Waals surface area contributed by atoms with Gasteiger partial charge in [0.05, 0.1) is 5.75 Å². The molecular formula is C12H17N3O5S. The number of anilines is 1. The molecular weight excluding hydrogens is 298 g/mol. The Morgan fingerprint density at radius 2 is 1.90 bits per heavy atom. The van der Waals surface area contributed by atoms with Gasteiger partial charge in [0.25, 0.3) is 0 Å². The highest BCUT2D eigenvalue weighted by Gasteiger charge is 2.09. The fraction of sp³-hybridized carbons (Fsp3) is 0.333. The van der Waals surface area contributed by atoms with Crippen molar-refractivity contribution in [3.05, 3.63) is 29.8 Å². The van der Waals surface area contributed by atoms with Crippen LogP contribution < -0.4 is 15.8 Å². The van der Waals surface area contributed by atoms with Crippen LogP contribution in [0.4, 0.5) is 10.5 Å². The molecule has 0 aliphatic carbocycles. The van der Waals surface area contributed by atoms with E-state index in [-0.39, 0.29) is 25.1 Å². The number of carboxylic acids is 1. The molecule has 0 radical (unpaired) electrons. The Morgan fingerprint density at radius 1 is 1.24 bits per heavy atom. The minimum Gasteiger partial charge on any atom is -0.481 e. The number of aryl methyl sites for hydroxylation is 1. The van der Waals surface area contributed by atoms with Gasteiger partial charge >= 0.3 is 12.0 Å². The Morgan fingerprint density at radius 3 is 2.52 bits per heavy atom. The number of carboxylic acid groups (broad SMARTS) is 1. The van der Waals surface area contributed by atoms with Gasteiger partial charge in [0.2, 0.25) is 10.0 Å². The molecule has 1 aromatic rings. The van der Waals surface area contributed by atoms with Crippen molar-refractivity contribution in [3.8, 4) is 0 Å². The van der Waals surface area contributed by atoms with Crippen LogP contribution in [0.15, 0.2) is 24.3 Å². The van der Waals surface area contributed by atoms with Gasteiger partial charge in [0.1, 0.15) is 0 Å². The molecule has 1 aromatic carbocycles. The number of benzene rings is 1. The van der Waals surface area contributed by atoms with E-state index in [0.29, 0.717) is 11.3 Å². The summed E-state index contributed by atoms with van der Waals surface area (Å²) in [6.07, 6.45) is 0.231. The number of amides is 2. The van der Waals surface area contributed by atoms with Crippen LogP contribution in [0.25, 0.3) is 0 Å². The summed E-state index contributed by atoms with van der Waals surface area (Å²) in [7, 11) is -3.63. The number of hydrogen-bond acceptors (Lipinski definition) is 4. The SMILES string of the molecule is NS(=O)(=O)CCNC(=O)Nc1ccccc1CCC(=O)O. The summed E-state index contributed by atoms with van der Waals surface area (Å²) < 4.78 is 21.4. The standard InChI is InChI=1S/C12H17N3O5S/c13-21(19,20)8-7-14-12(18)15-10-4-2-1-3-9(10)5-6-11(16)17/h1-4H,5-8H2,(H,16,17)(H2,13,19,20)(H2,14,15,18). The number of hydrogen-bond donors (Lipinski definition) is 4. The fourth-order valence-corrected chi connectivity index (χ4v) is 1.96. The van der Waals surface area contributed by atoms with Gasteiger partial charge in [0, 0.05) is 18.7 Å². The quantitative estimate of drug-likeness (QED) is 0.566. The van der Waals surface area contributed by atoms with Crippen molar-refractivity contribution < 1.29 is 23.1 Å². The molecule has 0 saturated carbocycles. The lowest BCUT2D eigenvalue weighted by Gasteiger charge is -2.11. The number of urea groups is 1. The minimum absolute atomic E-state index is 0.0499. The van der Waals surface area contributed by atoms with Gasteiger partial charge in [-0.3, -0.25) is 4.79 Å². The Hall–Kier alpha value is -2.13. The molecule has 0 spiro atoms. The van der Waals surface area contributed by atoms with E-state index in [9.17, 15) is 18.0 Å². The first kappa shape index (κ1) is 16.9. The highest BCUT2D eigenvalue weighted by atomic mass is 32.2. The van der Waals surface area contributed by atoms with E-state index in [1.165, 1.54) is 0 Å². The molecule has 0 aliphatic rings. The van der Waals surface area contributed by atoms with E-state index in [1.807, 2.05) is 0 Å². The summed E-state index contributed by atoms with van der Waals surface area (Å²) in [5, 5.41) is 18.4. The first-order valence-corrected chi connectivity index (χ1v) is 7.84. The second-order valence-corrected chi connectivity index (χ2v) is 6.03. The molecule has 1 rings (SSSR count). The maximum atomic E-state index is 11.6. The Labute approximate surface area is 122 Å². The van der Waals surface area contributed by atoms with Gasteiger partial charge in [0.15, 0.2) is 0 Å². The summed E-state index contributed by atoms with van der Waals surface area (Å²) in [6, 6.07) is 6.20. The third-order valence-electron chi connectivity index (χ3n) is 2.55. The van der Waals surface area contributed by atoms with Crippen LogP contribution in [-0.2, 0) is 21.2 Å². The molecule has 21 heavy (non-hydrogen) atoms. The van der Waals surface area contributed by atoms with Crippen molar-refractivity contribution in [2.24, 2.45) is 5.14 Å². The number of nitrogens with one attached hydrogen (secondary N) is 2. The molecule has 0 fully saturated rings. The molecule has 0 aliphatic heterocycles. The number of rotatable bonds is 7. The minimum atomic E-state index is -3.63. The highest BCUT2D eigenvalue weighted by molar-refractivity contribution is 7.89. The second kappa shape index (κ2) is 7.60. The molecule has 0 heterocycles. The Bertz CT molecular complexity index is 615. The second-order valence-electron chi connectivity index (χ2n) is 4.30. The lowest BCUT2D eigenvalue weighted by Crippen LogP contribution is -2.34. The van der Waals surface area contributed by atoms with E-state index < -0.39 is 22.0 Å². The Balaban J connectivity index is 2.57. The number of para-hydroxylation sites is 1. The summed E-state index contributed by atoms with van der Waals surface area (Å²) in [4.78, 5) is 22.2. The average Bonchev–Trinajstić information content (AvgIpc) is 2.36. The van der Waals surface area contributed by atoms with Crippen LogP contribution in [0.2, 0.25) is 0 Å². The lowest BCUT2D eigenvalue weighted by atomic mass is 10.1. The number of nitrogens with two attached hydrogens (primary N) is 1. The molecule has 5 N–H and O–H groups in total. The topological polar surface area (TPSA) is 139 Å². The van der Waals surface area contributed by atoms with E-state index in [1.54, 1.807) is 24.3 Å². The van der Waals surface area contributed by atoms with Crippen molar-refractivity contribution >= 4 is 27.7 Å². The van der Waals surface area contributed by atoms with Crippen molar-refractivity contribution in [3.63, 3.8) is 0 Å². The Kier molecular flexibility index (Phi) is 6.12. The number of carbonyl (C=O) groups is 2. The van der Waals surface area contributed by atoms with Gasteiger partial charge in [-0.05, 0) is 18.1 Å². The average molecular weight is 315 g/mol. The molecule has 8 nitrogen and oxygen atoms in total. The zero-order chi connectivity index (χ0) is 15.9. The molecule has 116 valence electrons. The predicted molar refractivity (Wildman–Crippen MR) is 77.4 cm³/mol. The van der Waals surface area contributed by atoms with Crippen LogP contribution in [-0.4, -0.2) is 37.8 Å². The largest absolute Gasteiger partial charge is 0.481 e. The van der Waals surface area contributed by atoms with Gasteiger partial charge in [-0.15, -0.1) is 0 Å². The van der Waals surface area contributed by atoms with Crippen molar-refractivity contribution in [2.75, 3.05) is 17.6 Å². The van der Waals surface area contributed by atoms with Gasteiger partial charge in [-0.1, -0.05) is 18.2 Å². The normalized spacial score (nSPS) is 10.9. The van der Waals surface area contributed by atoms with Crippen molar-refractivity contribution in [2.45, 2.75) is 12.8 Å². The molecule has 0 bridgehead atoms. The summed E-state index contributed by atoms with van der Waals surface area (Å²) in [5.74, 6) is -1.29. The van der Waals surface area contributed by atoms with E-state index in [4.69, 9.17) is 10.2 Å². The maximum Gasteiger partial charge on any atom is 0.319 e. The highest BCUT2D eigenvalue weighted by Crippen LogP contribution is 2.16. The predicted octanol–water partition coefficient (Wildman–Crippen LogP) is 0.114. The lowest BCUT2D eigenvalue weighted by molar-refractivity contribution is -0.136. The molecule has 0 aromatic heterocycles. The number of primary sulfonamides is 1. The monoisotopic (exact) mass is 315 g/mol. The smallest absolute Gasteiger partial charge is 0.319 e. The van der Waals surface area contributed by atoms with Crippen LogP contribution in [0.1, 0.15) is 12.0 Å². The van der Waals surface area contributed by atoms with Gasteiger partial charge in [-0.25, -0.2) is 18.4 Å². The van der Waals surface area contributed by atoms with E-state index in [2.05, 4.69) is 10.6 Å². The van der Waals surface area contributed by atoms with E-state index in [0.717, 1.165) is 0 Å². The molecule has 0 atom stereocenters. The zero-order valence-corrected chi connectivity index (χ0v) is 12.0. The zero-order valence-electron chi connectivity index (χ0n) is 11.2. The van der Waals surface area contributed by atoms with Crippen LogP contribution in [0.5, 0.6) is 0 Å². The molecule has 2 amide bonds. The third kappa shape index (κ3) is 7.28. The first-order chi connectivity index (χ1) is 9.78. The third-order valence-corrected chi connectivity index (χ3v) is 3.32. The van der Waals surface area contributed by atoms with Gasteiger partial charge in [-0.2, -0.15) is 0 Å². The number of sulfonamides is 1. The number of aliphatic carboxylic acids is 1. The molecule has 9 heteroatoms. The van der Waals surface area contributed by atoms with Crippen molar-refractivity contribution in [1.29, 1.82) is 0 Å². The molecule has 0 saturated heterocycles. The molecule has 0 unspecified atom stereocenters. The first-order valence-electron chi connectivity index (χ1n) is 6.13. The fourth-order valence-electron chi connectivity index (χ4n) is 1.58. The summed E-state index contributed by atoms with van der Waals surface area (Å²) in [6.45, 7) is -0.109. The maximum absolute atomic E-state index is 11.6. The van der Waals surface area contributed by atoms with E-state index >= 15 is 0 Å². The summed E-state index contributed by atoms with van der Waals surface area (Å²) in [5.41, 5.74) is 1.16. The number of carbonyl (C=O) groups excluding carboxylic acids is 1. The van der Waals surface area contributed by atoms with Crippen molar-refractivity contribution in [1.82, 2.24) is 5.32 Å².